The van der Waals surface area contributed by atoms with Crippen LogP contribution in [0.5, 0.6) is 11.5 Å². The quantitative estimate of drug-likeness (QED) is 0.279. The van der Waals surface area contributed by atoms with E-state index in [0.717, 1.165) is 17.7 Å². The number of carbonyl (C=O) groups is 4. The Labute approximate surface area is 363 Å². The molecule has 2 aliphatic carbocycles. The highest BCUT2D eigenvalue weighted by Gasteiger charge is 2.62. The van der Waals surface area contributed by atoms with Crippen molar-refractivity contribution in [3.8, 4) is 22.9 Å². The Morgan fingerprint density at radius 1 is 1.02 bits per heavy atom. The van der Waals surface area contributed by atoms with Crippen molar-refractivity contribution >= 4 is 44.6 Å². The number of pyridine rings is 2. The number of hydrogen-bond acceptors (Lipinski definition) is 10. The lowest BCUT2D eigenvalue weighted by molar-refractivity contribution is -0.186. The topological polar surface area (TPSA) is 177 Å². The van der Waals surface area contributed by atoms with E-state index in [2.05, 4.69) is 15.0 Å². The van der Waals surface area contributed by atoms with Gasteiger partial charge in [0.15, 0.2) is 0 Å². The van der Waals surface area contributed by atoms with E-state index >= 15 is 0 Å². The Hall–Kier alpha value is -5.26. The molecule has 9 rings (SSSR count). The van der Waals surface area contributed by atoms with Crippen molar-refractivity contribution in [2.75, 3.05) is 26.2 Å². The minimum Gasteiger partial charge on any atom is -0.493 e. The fourth-order valence-corrected chi connectivity index (χ4v) is 11.0. The number of rotatable bonds is 8. The van der Waals surface area contributed by atoms with Crippen LogP contribution in [-0.2, 0) is 35.6 Å². The molecule has 4 aliphatic heterocycles. The fraction of sp³-hybridized carbons (Fsp3) is 0.556. The van der Waals surface area contributed by atoms with Crippen LogP contribution >= 0.6 is 0 Å². The maximum atomic E-state index is 14.9. The molecule has 14 nitrogen and oxygen atoms in total. The highest BCUT2D eigenvalue weighted by molar-refractivity contribution is 7.91. The second kappa shape index (κ2) is 17.0. The number of likely N-dealkylation sites (tertiary alicyclic amines) is 1. The Morgan fingerprint density at radius 2 is 1.83 bits per heavy atom. The first-order valence-electron chi connectivity index (χ1n) is 22.1. The molecule has 6 heterocycles. The molecule has 4 amide bonds. The summed E-state index contributed by atoms with van der Waals surface area (Å²) in [6.07, 6.45) is 4.30. The number of nitrogens with zero attached hydrogens (tertiary/aromatic N) is 4. The molecule has 2 saturated heterocycles. The molecule has 3 aromatic rings. The lowest BCUT2D eigenvalue weighted by Gasteiger charge is -2.34. The van der Waals surface area contributed by atoms with E-state index in [4.69, 9.17) is 14.5 Å². The van der Waals surface area contributed by atoms with Crippen molar-refractivity contribution in [3.05, 3.63) is 60.3 Å². The van der Waals surface area contributed by atoms with Crippen molar-refractivity contribution in [1.29, 1.82) is 0 Å². The summed E-state index contributed by atoms with van der Waals surface area (Å²) in [5, 5.41) is 2.91. The van der Waals surface area contributed by atoms with E-state index in [1.807, 2.05) is 36.4 Å². The Bertz CT molecular complexity index is 2420. The molecule has 2 aromatic heterocycles. The molecule has 4 fully saturated rings. The lowest BCUT2D eigenvalue weighted by Crippen LogP contribution is -2.57. The number of nitrogens with one attached hydrogen (secondary N) is 2. The van der Waals surface area contributed by atoms with Gasteiger partial charge in [-0.2, -0.15) is 13.2 Å². The molecule has 0 bridgehead atoms. The van der Waals surface area contributed by atoms with E-state index in [-0.39, 0.29) is 51.7 Å². The zero-order valence-corrected chi connectivity index (χ0v) is 35.6. The van der Waals surface area contributed by atoms with Crippen LogP contribution in [-0.4, -0.2) is 107 Å². The number of halogens is 3. The van der Waals surface area contributed by atoms with Gasteiger partial charge >= 0.3 is 6.18 Å². The SMILES string of the molecule is O=C1N[C@]2(C(=O)NS(=O)(=O)C3CC3)C[C@H]2C=CCCCCC[C@H](CC(=O)N2CCC(C(F)(F)F)CC2)C(=O)N2C[C@H](Oc3cc(-c4ccccn4)nc4c5c(ccc34)OCC5)C[C@@H]12. The van der Waals surface area contributed by atoms with Gasteiger partial charge in [0.2, 0.25) is 27.7 Å². The number of hydrogen-bond donors (Lipinski definition) is 2. The number of alkyl halides is 3. The summed E-state index contributed by atoms with van der Waals surface area (Å²) >= 11 is 0. The number of fused-ring (bicyclic) bond motifs is 5. The van der Waals surface area contributed by atoms with Gasteiger partial charge in [0, 0.05) is 67.4 Å². The zero-order chi connectivity index (χ0) is 44.1. The van der Waals surface area contributed by atoms with Gasteiger partial charge in [-0.05, 0) is 75.6 Å². The number of sulfonamides is 1. The molecule has 2 N–H and O–H groups in total. The maximum absolute atomic E-state index is 14.9. The third-order valence-corrected chi connectivity index (χ3v) is 15.3. The van der Waals surface area contributed by atoms with Crippen LogP contribution in [0.2, 0.25) is 0 Å². The predicted octanol–water partition coefficient (Wildman–Crippen LogP) is 5.39. The molecule has 0 unspecified atom stereocenters. The van der Waals surface area contributed by atoms with Gasteiger partial charge in [-0.3, -0.25) is 28.9 Å². The molecule has 336 valence electrons. The highest BCUT2D eigenvalue weighted by atomic mass is 32.2. The van der Waals surface area contributed by atoms with Crippen molar-refractivity contribution < 1.29 is 50.2 Å². The van der Waals surface area contributed by atoms with Gasteiger partial charge in [0.05, 0.1) is 41.2 Å². The van der Waals surface area contributed by atoms with E-state index < -0.39 is 80.5 Å². The monoisotopic (exact) mass is 892 g/mol. The second-order valence-electron chi connectivity index (χ2n) is 17.9. The summed E-state index contributed by atoms with van der Waals surface area (Å²) in [5.41, 5.74) is 1.16. The largest absolute Gasteiger partial charge is 0.493 e. The van der Waals surface area contributed by atoms with Crippen molar-refractivity contribution in [2.45, 2.75) is 113 Å². The number of carbonyl (C=O) groups excluding carboxylic acids is 4. The van der Waals surface area contributed by atoms with E-state index in [9.17, 15) is 40.8 Å². The molecule has 18 heteroatoms. The number of ether oxygens (including phenoxy) is 2. The summed E-state index contributed by atoms with van der Waals surface area (Å²) in [6.45, 7) is 0.291. The van der Waals surface area contributed by atoms with Crippen LogP contribution < -0.4 is 19.5 Å². The van der Waals surface area contributed by atoms with Gasteiger partial charge in [-0.1, -0.05) is 31.1 Å². The smallest absolute Gasteiger partial charge is 0.391 e. The van der Waals surface area contributed by atoms with Crippen LogP contribution in [0.4, 0.5) is 13.2 Å². The second-order valence-corrected chi connectivity index (χ2v) is 19.8. The average molecular weight is 893 g/mol. The normalized spacial score (nSPS) is 27.0. The van der Waals surface area contributed by atoms with Crippen LogP contribution in [0.25, 0.3) is 22.3 Å². The highest BCUT2D eigenvalue weighted by Crippen LogP contribution is 2.47. The van der Waals surface area contributed by atoms with Gasteiger partial charge in [0.25, 0.3) is 5.91 Å². The van der Waals surface area contributed by atoms with Gasteiger partial charge in [-0.25, -0.2) is 13.4 Å². The summed E-state index contributed by atoms with van der Waals surface area (Å²) in [4.78, 5) is 69.6. The molecule has 5 atom stereocenters. The van der Waals surface area contributed by atoms with Gasteiger partial charge in [-0.15, -0.1) is 0 Å². The lowest BCUT2D eigenvalue weighted by atomic mass is 9.92. The molecule has 0 radical (unpaired) electrons. The molecular formula is C45H51F3N6O8S. The molecule has 0 spiro atoms. The number of amides is 4. The Kier molecular flexibility index (Phi) is 11.6. The maximum Gasteiger partial charge on any atom is 0.391 e. The van der Waals surface area contributed by atoms with Crippen LogP contribution in [0.1, 0.15) is 82.6 Å². The number of allylic oxidation sites excluding steroid dienone is 1. The van der Waals surface area contributed by atoms with Gasteiger partial charge < -0.3 is 24.6 Å². The van der Waals surface area contributed by atoms with Crippen LogP contribution in [0.15, 0.2) is 54.7 Å². The van der Waals surface area contributed by atoms with Crippen LogP contribution in [0, 0.1) is 17.8 Å². The zero-order valence-electron chi connectivity index (χ0n) is 34.8. The Balaban J connectivity index is 1.03. The summed E-state index contributed by atoms with van der Waals surface area (Å²) < 4.78 is 81.3. The van der Waals surface area contributed by atoms with Crippen molar-refractivity contribution in [1.82, 2.24) is 29.8 Å². The van der Waals surface area contributed by atoms with Gasteiger partial charge in [0.1, 0.15) is 29.2 Å². The summed E-state index contributed by atoms with van der Waals surface area (Å²) in [5.74, 6) is -4.09. The first-order valence-corrected chi connectivity index (χ1v) is 23.6. The molecule has 6 aliphatic rings. The third kappa shape index (κ3) is 8.96. The summed E-state index contributed by atoms with van der Waals surface area (Å²) in [7, 11) is -3.95. The van der Waals surface area contributed by atoms with Crippen molar-refractivity contribution in [3.63, 3.8) is 0 Å². The minimum atomic E-state index is -4.35. The number of aromatic nitrogens is 2. The molecule has 1 aromatic carbocycles. The number of benzene rings is 1. The molecule has 2 saturated carbocycles. The first kappa shape index (κ1) is 43.0. The standard InChI is InChI=1S/C45H51F3N6O8S/c46-45(47,48)28-15-19-53(20-16-28)39(55)22-27-8-4-2-1-3-5-9-29-25-44(29,43(58)52-63(59,60)31-11-12-31)51-41(56)36-23-30(26-54(36)42(27)57)62-38-24-35(34-10-6-7-18-49-34)50-40-32(38)13-14-37-33(40)17-21-61-37/h5-7,9-10,13-14,18,24,27-31,36H,1-4,8,11-12,15-17,19-23,25-26H2,(H,51,56)(H,52,58)/t27-,29-,30-,36+,44-/m1/s1. The number of piperidine rings is 1. The molecular weight excluding hydrogens is 842 g/mol. The van der Waals surface area contributed by atoms with E-state index in [0.29, 0.717) is 79.6 Å². The third-order valence-electron chi connectivity index (χ3n) is 13.5. The minimum absolute atomic E-state index is 0.00143. The van der Waals surface area contributed by atoms with Crippen molar-refractivity contribution in [2.24, 2.45) is 17.8 Å². The van der Waals surface area contributed by atoms with E-state index in [1.54, 1.807) is 18.3 Å². The van der Waals surface area contributed by atoms with E-state index in [1.165, 1.54) is 9.80 Å². The fourth-order valence-electron chi connectivity index (χ4n) is 9.64. The first-order chi connectivity index (χ1) is 30.2. The predicted molar refractivity (Wildman–Crippen MR) is 223 cm³/mol. The molecule has 63 heavy (non-hydrogen) atoms. The average Bonchev–Trinajstić information content (AvgIpc) is 4.14. The Morgan fingerprint density at radius 3 is 2.57 bits per heavy atom. The summed E-state index contributed by atoms with van der Waals surface area (Å²) in [6, 6.07) is 9.78. The van der Waals surface area contributed by atoms with Crippen LogP contribution in [0.3, 0.4) is 0 Å².